The average molecular weight is 646 g/mol. The van der Waals surface area contributed by atoms with Crippen LogP contribution in [0, 0.1) is 55.6 Å². The first-order valence-electron chi connectivity index (χ1n) is 9.81. The molecule has 0 radical (unpaired) electrons. The van der Waals surface area contributed by atoms with Gasteiger partial charge in [-0.1, -0.05) is 0 Å². The van der Waals surface area contributed by atoms with Crippen LogP contribution in [0.4, 0.5) is 5.82 Å². The number of hydrogen-bond acceptors (Lipinski definition) is 5. The summed E-state index contributed by atoms with van der Waals surface area (Å²) in [6.45, 7) is 1.11. The number of aromatic nitrogens is 4. The van der Waals surface area contributed by atoms with E-state index in [1.165, 1.54) is 6.33 Å². The second kappa shape index (κ2) is 11.0. The van der Waals surface area contributed by atoms with Gasteiger partial charge in [-0.15, -0.1) is 12.0 Å². The Labute approximate surface area is 210 Å². The molecule has 1 aliphatic heterocycles. The number of fused-ring (bicyclic) bond motifs is 1. The van der Waals surface area contributed by atoms with Crippen LogP contribution in [0.5, 0.6) is 0 Å². The van der Waals surface area contributed by atoms with Gasteiger partial charge >= 0.3 is 31.1 Å². The minimum atomic E-state index is -0.299. The Bertz CT molecular complexity index is 1190. The van der Waals surface area contributed by atoms with Crippen LogP contribution >= 0.6 is 0 Å². The fourth-order valence-electron chi connectivity index (χ4n) is 3.56. The van der Waals surface area contributed by atoms with E-state index in [1.54, 1.807) is 4.90 Å². The summed E-state index contributed by atoms with van der Waals surface area (Å²) in [5.41, 5.74) is 8.40. The molecule has 0 spiro atoms. The zero-order valence-electron chi connectivity index (χ0n) is 17.3. The van der Waals surface area contributed by atoms with E-state index in [2.05, 4.69) is 28.0 Å². The Morgan fingerprint density at radius 2 is 1.84 bits per heavy atom. The fourth-order valence-corrected chi connectivity index (χ4v) is 3.56. The molecule has 2 aromatic heterocycles. The molecule has 0 aliphatic carbocycles. The van der Waals surface area contributed by atoms with Gasteiger partial charge in [0, 0.05) is 13.1 Å². The second-order valence-corrected chi connectivity index (χ2v) is 6.95. The van der Waals surface area contributed by atoms with Gasteiger partial charge in [-0.3, -0.25) is 4.79 Å². The van der Waals surface area contributed by atoms with Gasteiger partial charge in [-0.25, -0.2) is 14.6 Å². The van der Waals surface area contributed by atoms with E-state index in [1.807, 2.05) is 59.3 Å². The summed E-state index contributed by atoms with van der Waals surface area (Å²) < 4.78 is 1.84. The van der Waals surface area contributed by atoms with Gasteiger partial charge in [0.2, 0.25) is 0 Å². The number of hydrogen-bond donors (Lipinski definition) is 1. The maximum atomic E-state index is 11.7. The van der Waals surface area contributed by atoms with Crippen LogP contribution in [0.25, 0.3) is 22.3 Å². The minimum absolute atomic E-state index is 0. The van der Waals surface area contributed by atoms with Crippen LogP contribution in [-0.4, -0.2) is 43.6 Å². The van der Waals surface area contributed by atoms with Crippen LogP contribution in [0.3, 0.4) is 0 Å². The maximum absolute atomic E-state index is 11.7. The number of carbonyl (C=O) groups excluding carboxylic acids is 1. The van der Waals surface area contributed by atoms with Gasteiger partial charge in [0.05, 0.1) is 17.1 Å². The molecule has 32 heavy (non-hydrogen) atoms. The normalized spacial score (nSPS) is 14.7. The maximum Gasteiger partial charge on any atom is 2.00 e. The zero-order valence-corrected chi connectivity index (χ0v) is 21.4. The van der Waals surface area contributed by atoms with Crippen molar-refractivity contribution in [1.82, 2.24) is 24.6 Å². The third kappa shape index (κ3) is 5.02. The number of amides is 1. The number of nitrogens with two attached hydrogens (primary N) is 1. The van der Waals surface area contributed by atoms with E-state index < -0.39 is 0 Å². The predicted molar refractivity (Wildman–Crippen MR) is 118 cm³/mol. The molecule has 156 valence electrons. The van der Waals surface area contributed by atoms with Gasteiger partial charge in [0.1, 0.15) is 12.1 Å². The van der Waals surface area contributed by atoms with E-state index in [4.69, 9.17) is 17.3 Å². The molecule has 0 bridgehead atoms. The SMILES string of the molecule is C#CC(=O)N1CCC(n2nc(-c3cc[c-]cc3)c3c(N)ncnc32)C1.[U+2].[c-]1ccccc1. The first-order valence-corrected chi connectivity index (χ1v) is 9.81. The van der Waals surface area contributed by atoms with Crippen molar-refractivity contribution in [2.75, 3.05) is 18.8 Å². The fraction of sp³-hybridized carbons (Fsp3) is 0.167. The Morgan fingerprint density at radius 3 is 2.47 bits per heavy atom. The summed E-state index contributed by atoms with van der Waals surface area (Å²) in [6.07, 6.45) is 7.41. The standard InChI is InChI=1S/C18H15N6O.C6H5.U/c1-2-14(25)23-9-8-13(10-23)24-18-15(17(19)20-11-21-18)16(22-24)12-6-4-3-5-7-12;1-2-4-6-5-3-1;/h1,4-7,11,13H,8-10H2,(H2,19,20,21);1-5H;/q2*-1;+2. The van der Waals surface area contributed by atoms with Crippen LogP contribution in [0.2, 0.25) is 0 Å². The Morgan fingerprint density at radius 1 is 1.12 bits per heavy atom. The van der Waals surface area contributed by atoms with Crippen molar-refractivity contribution < 1.29 is 35.9 Å². The van der Waals surface area contributed by atoms with Gasteiger partial charge in [-0.2, -0.15) is 71.8 Å². The number of nitrogens with zero attached hydrogens (tertiary/aromatic N) is 5. The summed E-state index contributed by atoms with van der Waals surface area (Å²) in [5, 5.41) is 5.47. The van der Waals surface area contributed by atoms with E-state index >= 15 is 0 Å². The van der Waals surface area contributed by atoms with Crippen LogP contribution in [0.15, 0.2) is 60.9 Å². The Kier molecular flexibility index (Phi) is 8.05. The van der Waals surface area contributed by atoms with Crippen LogP contribution in [0.1, 0.15) is 12.5 Å². The molecular formula is C24H20N6OU. The quantitative estimate of drug-likeness (QED) is 0.268. The molecule has 7 nitrogen and oxygen atoms in total. The van der Waals surface area contributed by atoms with Crippen molar-refractivity contribution in [3.05, 3.63) is 73.1 Å². The van der Waals surface area contributed by atoms with Crippen molar-refractivity contribution in [3.63, 3.8) is 0 Å². The number of likely N-dealkylation sites (tertiary alicyclic amines) is 1. The molecule has 2 aromatic carbocycles. The molecule has 1 saturated heterocycles. The van der Waals surface area contributed by atoms with E-state index in [9.17, 15) is 4.79 Å². The minimum Gasteiger partial charge on any atom is -0.383 e. The van der Waals surface area contributed by atoms with Crippen molar-refractivity contribution in [2.24, 2.45) is 0 Å². The topological polar surface area (TPSA) is 89.9 Å². The summed E-state index contributed by atoms with van der Waals surface area (Å²) in [5.74, 6) is 2.25. The Hall–Kier alpha value is -3.13. The van der Waals surface area contributed by atoms with Crippen molar-refractivity contribution >= 4 is 22.8 Å². The van der Waals surface area contributed by atoms with Gasteiger partial charge in [0.15, 0.2) is 5.65 Å². The molecule has 5 rings (SSSR count). The number of terminal acetylenes is 1. The summed E-state index contributed by atoms with van der Waals surface area (Å²) in [6, 6.07) is 23.0. The smallest absolute Gasteiger partial charge is 0.383 e. The number of carbonyl (C=O) groups is 1. The molecule has 1 fully saturated rings. The summed E-state index contributed by atoms with van der Waals surface area (Å²) >= 11 is 0. The van der Waals surface area contributed by atoms with Crippen molar-refractivity contribution in [2.45, 2.75) is 12.5 Å². The third-order valence-electron chi connectivity index (χ3n) is 5.04. The number of rotatable bonds is 2. The molecule has 2 N–H and O–H groups in total. The Balaban J connectivity index is 0.000000360. The molecule has 1 aliphatic rings. The van der Waals surface area contributed by atoms with E-state index in [0.717, 1.165) is 23.1 Å². The average Bonchev–Trinajstić information content (AvgIpc) is 3.47. The number of benzene rings is 2. The van der Waals surface area contributed by atoms with Gasteiger partial charge in [0.25, 0.3) is 5.91 Å². The zero-order chi connectivity index (χ0) is 21.6. The van der Waals surface area contributed by atoms with E-state index in [-0.39, 0.29) is 43.1 Å². The summed E-state index contributed by atoms with van der Waals surface area (Å²) in [7, 11) is 0. The van der Waals surface area contributed by atoms with Crippen molar-refractivity contribution in [3.8, 4) is 23.6 Å². The number of nitrogen functional groups attached to an aromatic ring is 1. The van der Waals surface area contributed by atoms with Gasteiger partial charge < -0.3 is 10.6 Å². The molecule has 3 heterocycles. The first-order chi connectivity index (χ1) is 15.2. The second-order valence-electron chi connectivity index (χ2n) is 6.95. The molecule has 8 heteroatoms. The van der Waals surface area contributed by atoms with Crippen LogP contribution < -0.4 is 5.73 Å². The first kappa shape index (κ1) is 23.5. The predicted octanol–water partition coefficient (Wildman–Crippen LogP) is 2.77. The largest absolute Gasteiger partial charge is 2.00 e. The molecule has 1 unspecified atom stereocenters. The van der Waals surface area contributed by atoms with Crippen molar-refractivity contribution in [1.29, 1.82) is 0 Å². The summed E-state index contributed by atoms with van der Waals surface area (Å²) in [4.78, 5) is 21.9. The van der Waals surface area contributed by atoms with E-state index in [0.29, 0.717) is 24.6 Å². The molecule has 0 saturated carbocycles. The third-order valence-corrected chi connectivity index (χ3v) is 5.04. The van der Waals surface area contributed by atoms with Crippen LogP contribution in [-0.2, 0) is 4.79 Å². The van der Waals surface area contributed by atoms with Gasteiger partial charge in [-0.05, 0) is 12.3 Å². The number of anilines is 1. The molecule has 1 atom stereocenters. The molecule has 4 aromatic rings. The monoisotopic (exact) mass is 646 g/mol. The molecular weight excluding hydrogens is 626 g/mol. The molecule has 1 amide bonds.